The number of fused-ring (bicyclic) bond motifs is 3. The monoisotopic (exact) mass is 888 g/mol. The molecule has 4 rings (SSSR count). The minimum absolute atomic E-state index is 0.139. The van der Waals surface area contributed by atoms with Crippen LogP contribution in [0.1, 0.15) is 69.1 Å². The summed E-state index contributed by atoms with van der Waals surface area (Å²) in [4.78, 5) is 116. The first-order valence-electron chi connectivity index (χ1n) is 20.2. The number of benzene rings is 3. The standard InChI is InChI=1S/C44H52N6O14/c1-44(2,3)64-37(55)21-32(40(58)46-30(17-18-36(53)54)38(56)49-33(42(60)61)19-24-11-5-4-6-12-24)48-39(57)31(20-35(45)52)47-41(59)34(22-51)50-43(62)63-23-29-27-15-9-7-13-25(27)26-14-8-10-16-28(26)29/h4-16,29-34,51H,17-23H2,1-3H3,(H2,45,52)(H,46,58)(H,47,59)(H,48,57)(H,49,56)(H,50,62)(H,53,54)(H,60,61)/t30-,31-,32-,33-,34-/m0/s1. The Labute approximate surface area is 367 Å². The summed E-state index contributed by atoms with van der Waals surface area (Å²) >= 11 is 0. The molecule has 10 N–H and O–H groups in total. The lowest BCUT2D eigenvalue weighted by atomic mass is 9.98. The zero-order chi connectivity index (χ0) is 47.1. The fourth-order valence-corrected chi connectivity index (χ4v) is 6.82. The average Bonchev–Trinajstić information content (AvgIpc) is 3.55. The molecular weight excluding hydrogens is 837 g/mol. The van der Waals surface area contributed by atoms with Gasteiger partial charge < -0.3 is 57.1 Å². The van der Waals surface area contributed by atoms with Crippen LogP contribution in [-0.4, -0.2) is 118 Å². The van der Waals surface area contributed by atoms with Crippen molar-refractivity contribution in [2.24, 2.45) is 5.73 Å². The third-order valence-electron chi connectivity index (χ3n) is 9.77. The Kier molecular flexibility index (Phi) is 17.5. The van der Waals surface area contributed by atoms with Crippen LogP contribution in [-0.2, 0) is 54.3 Å². The minimum atomic E-state index is -1.91. The second-order valence-electron chi connectivity index (χ2n) is 15.9. The average molecular weight is 889 g/mol. The van der Waals surface area contributed by atoms with Crippen molar-refractivity contribution in [2.75, 3.05) is 13.2 Å². The number of hydrogen-bond donors (Lipinski definition) is 9. The molecule has 0 heterocycles. The summed E-state index contributed by atoms with van der Waals surface area (Å²) < 4.78 is 10.8. The van der Waals surface area contributed by atoms with Crippen LogP contribution in [0, 0.1) is 0 Å². The van der Waals surface area contributed by atoms with Gasteiger partial charge in [0.15, 0.2) is 0 Å². The highest BCUT2D eigenvalue weighted by atomic mass is 16.6. The fraction of sp³-hybridized carbons (Fsp3) is 0.386. The Bertz CT molecular complexity index is 2170. The van der Waals surface area contributed by atoms with Crippen LogP contribution in [0.4, 0.5) is 4.79 Å². The van der Waals surface area contributed by atoms with Crippen LogP contribution >= 0.6 is 0 Å². The summed E-state index contributed by atoms with van der Waals surface area (Å²) in [6.07, 6.45) is -4.30. The van der Waals surface area contributed by atoms with Crippen molar-refractivity contribution in [2.45, 2.75) is 94.6 Å². The fourth-order valence-electron chi connectivity index (χ4n) is 6.82. The molecule has 64 heavy (non-hydrogen) atoms. The van der Waals surface area contributed by atoms with E-state index in [2.05, 4.69) is 26.6 Å². The maximum absolute atomic E-state index is 13.8. The minimum Gasteiger partial charge on any atom is -0.481 e. The zero-order valence-electron chi connectivity index (χ0n) is 35.3. The van der Waals surface area contributed by atoms with Crippen molar-refractivity contribution >= 4 is 53.5 Å². The van der Waals surface area contributed by atoms with Crippen LogP contribution in [0.3, 0.4) is 0 Å². The van der Waals surface area contributed by atoms with Gasteiger partial charge in [0.05, 0.1) is 19.4 Å². The van der Waals surface area contributed by atoms with Crippen LogP contribution in [0.2, 0.25) is 0 Å². The van der Waals surface area contributed by atoms with E-state index in [-0.39, 0.29) is 18.9 Å². The first kappa shape index (κ1) is 49.3. The van der Waals surface area contributed by atoms with Gasteiger partial charge in [0.2, 0.25) is 29.5 Å². The summed E-state index contributed by atoms with van der Waals surface area (Å²) in [7, 11) is 0. The number of aliphatic hydroxyl groups is 1. The van der Waals surface area contributed by atoms with E-state index in [0.717, 1.165) is 22.3 Å². The van der Waals surface area contributed by atoms with E-state index in [1.165, 1.54) is 20.8 Å². The zero-order valence-corrected chi connectivity index (χ0v) is 35.3. The van der Waals surface area contributed by atoms with Crippen molar-refractivity contribution < 1.29 is 67.9 Å². The molecule has 0 aliphatic heterocycles. The van der Waals surface area contributed by atoms with Gasteiger partial charge in [-0.15, -0.1) is 0 Å². The molecule has 0 saturated carbocycles. The van der Waals surface area contributed by atoms with Crippen molar-refractivity contribution in [1.82, 2.24) is 26.6 Å². The number of carboxylic acids is 2. The Morgan fingerprint density at radius 3 is 1.64 bits per heavy atom. The number of carboxylic acid groups (broad SMARTS) is 2. The summed E-state index contributed by atoms with van der Waals surface area (Å²) in [6, 6.07) is 14.6. The van der Waals surface area contributed by atoms with Gasteiger partial charge in [-0.2, -0.15) is 0 Å². The number of amides is 6. The molecule has 0 aromatic heterocycles. The number of primary amides is 1. The summed E-state index contributed by atoms with van der Waals surface area (Å²) in [5, 5.41) is 40.4. The number of carbonyl (C=O) groups is 9. The maximum atomic E-state index is 13.8. The Morgan fingerprint density at radius 2 is 1.12 bits per heavy atom. The molecule has 0 radical (unpaired) electrons. The lowest BCUT2D eigenvalue weighted by molar-refractivity contribution is -0.157. The summed E-state index contributed by atoms with van der Waals surface area (Å²) in [5.74, 6) is -10.1. The van der Waals surface area contributed by atoms with Crippen molar-refractivity contribution in [3.05, 3.63) is 95.6 Å². The van der Waals surface area contributed by atoms with Crippen LogP contribution in [0.5, 0.6) is 0 Å². The molecule has 20 heteroatoms. The molecule has 20 nitrogen and oxygen atoms in total. The number of rotatable bonds is 22. The molecule has 0 saturated heterocycles. The second kappa shape index (κ2) is 22.7. The van der Waals surface area contributed by atoms with E-state index in [1.807, 2.05) is 48.5 Å². The van der Waals surface area contributed by atoms with E-state index in [9.17, 15) is 58.5 Å². The topological polar surface area (TPSA) is 319 Å². The number of nitrogens with two attached hydrogens (primary N) is 1. The highest BCUT2D eigenvalue weighted by Crippen LogP contribution is 2.44. The van der Waals surface area contributed by atoms with Crippen LogP contribution in [0.15, 0.2) is 78.9 Å². The molecule has 1 aliphatic carbocycles. The Hall–Kier alpha value is -7.35. The largest absolute Gasteiger partial charge is 0.481 e. The van der Waals surface area contributed by atoms with Gasteiger partial charge in [0.25, 0.3) is 0 Å². The van der Waals surface area contributed by atoms with Gasteiger partial charge in [-0.3, -0.25) is 33.6 Å². The molecule has 3 aromatic carbocycles. The van der Waals surface area contributed by atoms with E-state index < -0.39 is 122 Å². The van der Waals surface area contributed by atoms with Crippen molar-refractivity contribution in [1.29, 1.82) is 0 Å². The summed E-state index contributed by atoms with van der Waals surface area (Å²) in [6.45, 7) is 3.42. The lowest BCUT2D eigenvalue weighted by Crippen LogP contribution is -2.60. The van der Waals surface area contributed by atoms with E-state index >= 15 is 0 Å². The first-order chi connectivity index (χ1) is 30.3. The maximum Gasteiger partial charge on any atom is 0.407 e. The third kappa shape index (κ3) is 14.6. The Balaban J connectivity index is 1.48. The number of carbonyl (C=O) groups excluding carboxylic acids is 7. The highest BCUT2D eigenvalue weighted by Gasteiger charge is 2.36. The molecule has 0 fully saturated rings. The molecule has 0 unspecified atom stereocenters. The molecule has 0 bridgehead atoms. The van der Waals surface area contributed by atoms with Crippen molar-refractivity contribution in [3.8, 4) is 11.1 Å². The molecule has 3 aromatic rings. The van der Waals surface area contributed by atoms with Gasteiger partial charge >= 0.3 is 24.0 Å². The number of alkyl carbamates (subject to hydrolysis) is 1. The van der Waals surface area contributed by atoms with E-state index in [1.54, 1.807) is 30.3 Å². The Morgan fingerprint density at radius 1 is 0.641 bits per heavy atom. The smallest absolute Gasteiger partial charge is 0.407 e. The first-order valence-corrected chi connectivity index (χ1v) is 20.2. The number of aliphatic hydroxyl groups excluding tert-OH is 1. The third-order valence-corrected chi connectivity index (χ3v) is 9.77. The SMILES string of the molecule is CC(C)(C)OC(=O)C[C@H](NC(=O)[C@H](CC(N)=O)NC(=O)[C@H](CO)NC(=O)OCC1c2ccccc2-c2ccccc21)C(=O)N[C@@H](CCC(=O)O)C(=O)N[C@@H](Cc1ccccc1)C(=O)O. The highest BCUT2D eigenvalue weighted by molar-refractivity contribution is 5.98. The number of ether oxygens (including phenoxy) is 2. The van der Waals surface area contributed by atoms with E-state index in [4.69, 9.17) is 15.2 Å². The van der Waals surface area contributed by atoms with Crippen LogP contribution < -0.4 is 32.3 Å². The molecule has 342 valence electrons. The van der Waals surface area contributed by atoms with Gasteiger partial charge in [0, 0.05) is 18.8 Å². The second-order valence-corrected chi connectivity index (χ2v) is 15.9. The number of hydrogen-bond acceptors (Lipinski definition) is 12. The molecular formula is C44H52N6O14. The van der Waals surface area contributed by atoms with Gasteiger partial charge in [-0.05, 0) is 55.0 Å². The van der Waals surface area contributed by atoms with Gasteiger partial charge in [-0.25, -0.2) is 9.59 Å². The number of esters is 1. The van der Waals surface area contributed by atoms with Crippen LogP contribution in [0.25, 0.3) is 11.1 Å². The number of nitrogens with one attached hydrogen (secondary N) is 5. The molecule has 0 spiro atoms. The summed E-state index contributed by atoms with van der Waals surface area (Å²) in [5.41, 5.74) is 8.59. The van der Waals surface area contributed by atoms with Crippen molar-refractivity contribution in [3.63, 3.8) is 0 Å². The predicted molar refractivity (Wildman–Crippen MR) is 226 cm³/mol. The quantitative estimate of drug-likeness (QED) is 0.0625. The molecule has 6 amide bonds. The molecule has 5 atom stereocenters. The lowest BCUT2D eigenvalue weighted by Gasteiger charge is -2.27. The van der Waals surface area contributed by atoms with Gasteiger partial charge in [-0.1, -0.05) is 78.9 Å². The molecule has 1 aliphatic rings. The normalized spacial score (nSPS) is 14.1. The predicted octanol–water partition coefficient (Wildman–Crippen LogP) is 0.625. The van der Waals surface area contributed by atoms with Gasteiger partial charge in [0.1, 0.15) is 42.4 Å². The number of aliphatic carboxylic acids is 2. The van der Waals surface area contributed by atoms with E-state index in [0.29, 0.717) is 5.56 Å².